The van der Waals surface area contributed by atoms with Gasteiger partial charge in [-0.1, -0.05) is 29.8 Å². The van der Waals surface area contributed by atoms with Gasteiger partial charge in [-0.25, -0.2) is 29.9 Å². The summed E-state index contributed by atoms with van der Waals surface area (Å²) in [4.78, 5) is 28.6. The van der Waals surface area contributed by atoms with E-state index in [4.69, 9.17) is 11.6 Å². The molecule has 14 heteroatoms. The maximum Gasteiger partial charge on any atom is 0.222 e. The third kappa shape index (κ3) is 10.6. The number of hydrogen-bond acceptors (Lipinski definition) is 12. The van der Waals surface area contributed by atoms with Crippen molar-refractivity contribution >= 4 is 81.2 Å². The number of thioether (sulfide) groups is 2. The molecule has 2 fully saturated rings. The Morgan fingerprint density at radius 2 is 1.06 bits per heavy atom. The van der Waals surface area contributed by atoms with Crippen molar-refractivity contribution in [3.63, 3.8) is 0 Å². The number of pyridine rings is 2. The predicted molar refractivity (Wildman–Crippen MR) is 217 cm³/mol. The first-order valence-corrected chi connectivity index (χ1v) is 20.5. The Labute approximate surface area is 320 Å². The van der Waals surface area contributed by atoms with Crippen LogP contribution in [0.2, 0.25) is 5.02 Å². The van der Waals surface area contributed by atoms with Crippen LogP contribution in [0.25, 0.3) is 11.1 Å². The highest BCUT2D eigenvalue weighted by Crippen LogP contribution is 2.29. The summed E-state index contributed by atoms with van der Waals surface area (Å²) in [6.07, 6.45) is 21.7. The van der Waals surface area contributed by atoms with Crippen molar-refractivity contribution in [1.29, 1.82) is 0 Å². The first-order chi connectivity index (χ1) is 24.4. The van der Waals surface area contributed by atoms with Crippen molar-refractivity contribution in [3.8, 4) is 11.1 Å². The van der Waals surface area contributed by atoms with Crippen molar-refractivity contribution < 1.29 is 0 Å². The fourth-order valence-corrected chi connectivity index (χ4v) is 7.25. The number of halogens is 2. The average molecular weight is 839 g/mol. The molecule has 0 bridgehead atoms. The molecule has 4 heterocycles. The summed E-state index contributed by atoms with van der Waals surface area (Å²) in [7, 11) is 0. The van der Waals surface area contributed by atoms with Gasteiger partial charge in [0, 0.05) is 90.9 Å². The van der Waals surface area contributed by atoms with Crippen LogP contribution in [0.4, 0.5) is 23.5 Å². The smallest absolute Gasteiger partial charge is 0.222 e. The number of anilines is 4. The van der Waals surface area contributed by atoms with Gasteiger partial charge in [-0.05, 0) is 104 Å². The van der Waals surface area contributed by atoms with E-state index >= 15 is 0 Å². The maximum absolute atomic E-state index is 6.27. The zero-order chi connectivity index (χ0) is 34.7. The van der Waals surface area contributed by atoms with E-state index in [-0.39, 0.29) is 0 Å². The van der Waals surface area contributed by atoms with Crippen molar-refractivity contribution in [1.82, 2.24) is 29.9 Å². The van der Waals surface area contributed by atoms with Crippen LogP contribution in [-0.4, -0.2) is 66.6 Å². The highest BCUT2D eigenvalue weighted by atomic mass is 127. The Balaban J connectivity index is 0.000000178. The molecule has 10 nitrogen and oxygen atoms in total. The molecule has 0 saturated heterocycles. The number of aromatic nitrogens is 6. The third-order valence-corrected chi connectivity index (χ3v) is 11.0. The van der Waals surface area contributed by atoms with E-state index in [0.717, 1.165) is 85.6 Å². The summed E-state index contributed by atoms with van der Waals surface area (Å²) in [5.74, 6) is 3.26. The van der Waals surface area contributed by atoms with Gasteiger partial charge >= 0.3 is 0 Å². The lowest BCUT2D eigenvalue weighted by Crippen LogP contribution is -2.22. The monoisotopic (exact) mass is 838 g/mol. The number of rotatable bonds is 11. The number of hydrogen-bond donors (Lipinski definition) is 4. The van der Waals surface area contributed by atoms with Crippen LogP contribution in [0.5, 0.6) is 0 Å². The zero-order valence-corrected chi connectivity index (χ0v) is 32.4. The van der Waals surface area contributed by atoms with Gasteiger partial charge in [0.1, 0.15) is 11.6 Å². The summed E-state index contributed by atoms with van der Waals surface area (Å²) in [5, 5.41) is 14.6. The van der Waals surface area contributed by atoms with Gasteiger partial charge in [0.25, 0.3) is 0 Å². The zero-order valence-electron chi connectivity index (χ0n) is 27.9. The van der Waals surface area contributed by atoms with Crippen LogP contribution in [0.15, 0.2) is 95.5 Å². The Morgan fingerprint density at radius 3 is 1.50 bits per heavy atom. The van der Waals surface area contributed by atoms with Crippen molar-refractivity contribution in [2.75, 3.05) is 33.8 Å². The van der Waals surface area contributed by atoms with Crippen LogP contribution in [0.1, 0.15) is 38.5 Å². The lowest BCUT2D eigenvalue weighted by atomic mass is 10.1. The molecule has 7 rings (SSSR count). The Morgan fingerprint density at radius 1 is 0.580 bits per heavy atom. The van der Waals surface area contributed by atoms with E-state index in [1.165, 1.54) is 0 Å². The number of nitrogens with zero attached hydrogens (tertiary/aromatic N) is 6. The van der Waals surface area contributed by atoms with Crippen LogP contribution in [0, 0.1) is 3.57 Å². The van der Waals surface area contributed by atoms with Gasteiger partial charge in [0.15, 0.2) is 0 Å². The molecule has 0 radical (unpaired) electrons. The molecule has 0 amide bonds. The van der Waals surface area contributed by atoms with Crippen LogP contribution >= 0.6 is 57.7 Å². The molecular formula is C36H40ClIN10S2. The second kappa shape index (κ2) is 18.2. The van der Waals surface area contributed by atoms with E-state index in [1.54, 1.807) is 23.5 Å². The first kappa shape index (κ1) is 36.4. The Kier molecular flexibility index (Phi) is 13.2. The van der Waals surface area contributed by atoms with E-state index < -0.39 is 0 Å². The Hall–Kier alpha value is -3.40. The van der Waals surface area contributed by atoms with Gasteiger partial charge in [-0.2, -0.15) is 0 Å². The molecule has 5 aromatic rings. The van der Waals surface area contributed by atoms with Crippen molar-refractivity contribution in [3.05, 3.63) is 94.3 Å². The van der Waals surface area contributed by atoms with Crippen molar-refractivity contribution in [2.24, 2.45) is 0 Å². The van der Waals surface area contributed by atoms with Gasteiger partial charge in [-0.15, -0.1) is 23.5 Å². The summed E-state index contributed by atoms with van der Waals surface area (Å²) < 4.78 is 1.15. The van der Waals surface area contributed by atoms with E-state index in [9.17, 15) is 0 Å². The fourth-order valence-electron chi connectivity index (χ4n) is 6.06. The highest BCUT2D eigenvalue weighted by Gasteiger charge is 2.26. The second-order valence-electron chi connectivity index (χ2n) is 12.2. The molecule has 2 saturated carbocycles. The predicted octanol–water partition coefficient (Wildman–Crippen LogP) is 9.00. The van der Waals surface area contributed by atoms with Crippen LogP contribution in [0.3, 0.4) is 0 Å². The van der Waals surface area contributed by atoms with Crippen LogP contribution in [-0.2, 0) is 0 Å². The minimum Gasteiger partial charge on any atom is -0.367 e. The minimum absolute atomic E-state index is 0.375. The highest BCUT2D eigenvalue weighted by molar-refractivity contribution is 14.1. The quantitative estimate of drug-likeness (QED) is 0.0750. The lowest BCUT2D eigenvalue weighted by molar-refractivity contribution is 0.716. The maximum atomic E-state index is 6.27. The van der Waals surface area contributed by atoms with Crippen LogP contribution < -0.4 is 21.3 Å². The summed E-state index contributed by atoms with van der Waals surface area (Å²) in [5.41, 5.74) is 2.02. The molecule has 260 valence electrons. The standard InChI is InChI=1S/C21H22ClN5S.C15H18IN5S/c1-28-17-12-24-21(25-13-17)27-16-8-7-15(10-16)26-20-9-6-14(11-23-20)18-4-2-3-5-19(18)22;1-22-13-8-18-15(19-9-13)21-12-4-3-11(6-12)20-14-5-2-10(16)7-17-14/h2-6,9,11-13,15-16H,7-8,10H2,1H3,(H,23,26)(H,24,25,27);2,5,7-9,11-12H,3-4,6H2,1H3,(H,17,20)(H,18,19,21)/t15-,16-;11-,12-/m00/s1. The average Bonchev–Trinajstić information content (AvgIpc) is 3.79. The summed E-state index contributed by atoms with van der Waals surface area (Å²) in [6.45, 7) is 0. The Bertz CT molecular complexity index is 1780. The van der Waals surface area contributed by atoms with Gasteiger partial charge in [0.05, 0.1) is 0 Å². The molecular weight excluding hydrogens is 799 g/mol. The topological polar surface area (TPSA) is 125 Å². The molecule has 4 atom stereocenters. The lowest BCUT2D eigenvalue weighted by Gasteiger charge is -2.15. The normalized spacial score (nSPS) is 19.7. The minimum atomic E-state index is 0.375. The largest absolute Gasteiger partial charge is 0.367 e. The molecule has 0 aliphatic heterocycles. The molecule has 2 aliphatic rings. The molecule has 4 N–H and O–H groups in total. The van der Waals surface area contributed by atoms with E-state index in [0.29, 0.717) is 30.1 Å². The van der Waals surface area contributed by atoms with Gasteiger partial charge < -0.3 is 21.3 Å². The SMILES string of the molecule is CSc1cnc(N[C@H]2CC[C@H](Nc3ccc(-c4ccccc4Cl)cn3)C2)nc1.CSc1cnc(N[C@H]2CC[C@H](Nc3ccc(I)cn3)C2)nc1. The van der Waals surface area contributed by atoms with E-state index in [1.807, 2.05) is 86.1 Å². The van der Waals surface area contributed by atoms with Gasteiger partial charge in [0.2, 0.25) is 11.9 Å². The van der Waals surface area contributed by atoms with Gasteiger partial charge in [-0.3, -0.25) is 0 Å². The second-order valence-corrected chi connectivity index (χ2v) is 15.6. The number of benzene rings is 1. The molecule has 1 aromatic carbocycles. The first-order valence-electron chi connectivity index (χ1n) is 16.5. The fraction of sp³-hybridized carbons (Fsp3) is 0.333. The van der Waals surface area contributed by atoms with E-state index in [2.05, 4.69) is 85.9 Å². The molecule has 50 heavy (non-hydrogen) atoms. The summed E-state index contributed by atoms with van der Waals surface area (Å²) in [6, 6.07) is 17.6. The number of nitrogens with one attached hydrogen (secondary N) is 4. The molecule has 0 unspecified atom stereocenters. The van der Waals surface area contributed by atoms with Crippen molar-refractivity contribution in [2.45, 2.75) is 72.5 Å². The molecule has 0 spiro atoms. The third-order valence-electron chi connectivity index (χ3n) is 8.64. The molecule has 2 aliphatic carbocycles. The summed E-state index contributed by atoms with van der Waals surface area (Å²) >= 11 is 11.8. The molecule has 4 aromatic heterocycles.